The van der Waals surface area contributed by atoms with Gasteiger partial charge < -0.3 is 10.1 Å². The first-order valence-electron chi connectivity index (χ1n) is 7.28. The van der Waals surface area contributed by atoms with Gasteiger partial charge in [-0.2, -0.15) is 0 Å². The molecule has 0 atom stereocenters. The molecule has 0 unspecified atom stereocenters. The van der Waals surface area contributed by atoms with Crippen LogP contribution in [0.25, 0.3) is 0 Å². The summed E-state index contributed by atoms with van der Waals surface area (Å²) < 4.78 is 6.67. The maximum Gasteiger partial charge on any atom is 0.262 e. The van der Waals surface area contributed by atoms with Gasteiger partial charge in [0.25, 0.3) is 5.91 Å². The van der Waals surface area contributed by atoms with Gasteiger partial charge in [0.2, 0.25) is 0 Å². The molecule has 0 saturated carbocycles. The number of aryl methyl sites for hydroxylation is 3. The first kappa shape index (κ1) is 16.6. The fraction of sp³-hybridized carbons (Fsp3) is 0.278. The average Bonchev–Trinajstić information content (AvgIpc) is 2.49. The Labute approximate surface area is 139 Å². The third kappa shape index (κ3) is 4.10. The van der Waals surface area contributed by atoms with Crippen LogP contribution in [0.1, 0.15) is 23.6 Å². The standard InChI is InChI=1S/C18H20BrNO2/c1-4-14-10-15(19)8-9-16(14)22-11-17(21)20-18-12(2)6-5-7-13(18)3/h5-10H,4,11H2,1-3H3,(H,20,21). The highest BCUT2D eigenvalue weighted by atomic mass is 79.9. The second kappa shape index (κ2) is 7.45. The van der Waals surface area contributed by atoms with Crippen molar-refractivity contribution in [3.05, 3.63) is 57.6 Å². The number of ether oxygens (including phenoxy) is 1. The summed E-state index contributed by atoms with van der Waals surface area (Å²) in [5, 5.41) is 2.92. The van der Waals surface area contributed by atoms with Gasteiger partial charge in [-0.1, -0.05) is 41.1 Å². The van der Waals surface area contributed by atoms with Crippen molar-refractivity contribution in [2.75, 3.05) is 11.9 Å². The minimum Gasteiger partial charge on any atom is -0.483 e. The third-order valence-corrected chi connectivity index (χ3v) is 4.00. The van der Waals surface area contributed by atoms with Gasteiger partial charge in [-0.05, 0) is 55.2 Å². The SMILES string of the molecule is CCc1cc(Br)ccc1OCC(=O)Nc1c(C)cccc1C. The van der Waals surface area contributed by atoms with Crippen LogP contribution in [0.5, 0.6) is 5.75 Å². The Morgan fingerprint density at radius 3 is 2.50 bits per heavy atom. The highest BCUT2D eigenvalue weighted by Gasteiger charge is 2.09. The lowest BCUT2D eigenvalue weighted by atomic mass is 10.1. The molecular weight excluding hydrogens is 342 g/mol. The molecule has 116 valence electrons. The molecule has 0 fully saturated rings. The summed E-state index contributed by atoms with van der Waals surface area (Å²) in [4.78, 5) is 12.1. The predicted octanol–water partition coefficient (Wildman–Crippen LogP) is 4.65. The normalized spacial score (nSPS) is 10.4. The zero-order valence-corrected chi connectivity index (χ0v) is 14.7. The summed E-state index contributed by atoms with van der Waals surface area (Å²) in [7, 11) is 0. The van der Waals surface area contributed by atoms with E-state index in [4.69, 9.17) is 4.74 Å². The summed E-state index contributed by atoms with van der Waals surface area (Å²) in [5.74, 6) is 0.602. The third-order valence-electron chi connectivity index (χ3n) is 3.51. The van der Waals surface area contributed by atoms with Crippen LogP contribution in [-0.2, 0) is 11.2 Å². The minimum absolute atomic E-state index is 0.00239. The molecule has 2 rings (SSSR count). The van der Waals surface area contributed by atoms with Crippen LogP contribution in [0, 0.1) is 13.8 Å². The maximum atomic E-state index is 12.1. The number of halogens is 1. The number of nitrogens with one attached hydrogen (secondary N) is 1. The number of rotatable bonds is 5. The monoisotopic (exact) mass is 361 g/mol. The Kier molecular flexibility index (Phi) is 5.61. The zero-order valence-electron chi connectivity index (χ0n) is 13.1. The van der Waals surface area contributed by atoms with Gasteiger partial charge in [0.05, 0.1) is 0 Å². The van der Waals surface area contributed by atoms with Gasteiger partial charge in [-0.15, -0.1) is 0 Å². The minimum atomic E-state index is -0.151. The lowest BCUT2D eigenvalue weighted by Crippen LogP contribution is -2.21. The van der Waals surface area contributed by atoms with Crippen molar-refractivity contribution in [1.82, 2.24) is 0 Å². The molecule has 0 heterocycles. The first-order valence-corrected chi connectivity index (χ1v) is 8.08. The zero-order chi connectivity index (χ0) is 16.1. The molecule has 0 aromatic heterocycles. The lowest BCUT2D eigenvalue weighted by Gasteiger charge is -2.13. The summed E-state index contributed by atoms with van der Waals surface area (Å²) >= 11 is 3.44. The number of anilines is 1. The first-order chi connectivity index (χ1) is 10.5. The van der Waals surface area contributed by atoms with E-state index in [0.717, 1.165) is 39.0 Å². The summed E-state index contributed by atoms with van der Waals surface area (Å²) in [6.07, 6.45) is 0.854. The fourth-order valence-corrected chi connectivity index (χ4v) is 2.70. The van der Waals surface area contributed by atoms with Crippen LogP contribution < -0.4 is 10.1 Å². The van der Waals surface area contributed by atoms with E-state index < -0.39 is 0 Å². The number of benzene rings is 2. The topological polar surface area (TPSA) is 38.3 Å². The van der Waals surface area contributed by atoms with Gasteiger partial charge in [0.1, 0.15) is 5.75 Å². The van der Waals surface area contributed by atoms with Crippen molar-refractivity contribution < 1.29 is 9.53 Å². The van der Waals surface area contributed by atoms with E-state index in [0.29, 0.717) is 0 Å². The maximum absolute atomic E-state index is 12.1. The number of hydrogen-bond donors (Lipinski definition) is 1. The second-order valence-corrected chi connectivity index (χ2v) is 6.12. The Balaban J connectivity index is 2.02. The van der Waals surface area contributed by atoms with Crippen LogP contribution >= 0.6 is 15.9 Å². The van der Waals surface area contributed by atoms with E-state index >= 15 is 0 Å². The number of carbonyl (C=O) groups is 1. The van der Waals surface area contributed by atoms with Crippen LogP contribution in [0.4, 0.5) is 5.69 Å². The van der Waals surface area contributed by atoms with Crippen molar-refractivity contribution >= 4 is 27.5 Å². The van der Waals surface area contributed by atoms with Gasteiger partial charge in [-0.3, -0.25) is 4.79 Å². The van der Waals surface area contributed by atoms with Crippen molar-refractivity contribution in [2.24, 2.45) is 0 Å². The van der Waals surface area contributed by atoms with Gasteiger partial charge >= 0.3 is 0 Å². The molecule has 1 amide bonds. The molecule has 0 aliphatic carbocycles. The van der Waals surface area contributed by atoms with Crippen molar-refractivity contribution in [2.45, 2.75) is 27.2 Å². The molecule has 0 aliphatic rings. The van der Waals surface area contributed by atoms with E-state index in [9.17, 15) is 4.79 Å². The van der Waals surface area contributed by atoms with Crippen LogP contribution in [-0.4, -0.2) is 12.5 Å². The lowest BCUT2D eigenvalue weighted by molar-refractivity contribution is -0.118. The Bertz CT molecular complexity index is 663. The molecule has 0 radical (unpaired) electrons. The Morgan fingerprint density at radius 2 is 1.86 bits per heavy atom. The van der Waals surface area contributed by atoms with Crippen molar-refractivity contribution in [3.8, 4) is 5.75 Å². The number of hydrogen-bond acceptors (Lipinski definition) is 2. The highest BCUT2D eigenvalue weighted by molar-refractivity contribution is 9.10. The van der Waals surface area contributed by atoms with Gasteiger partial charge in [0.15, 0.2) is 6.61 Å². The van der Waals surface area contributed by atoms with Gasteiger partial charge in [0, 0.05) is 10.2 Å². The highest BCUT2D eigenvalue weighted by Crippen LogP contribution is 2.24. The smallest absolute Gasteiger partial charge is 0.262 e. The molecule has 22 heavy (non-hydrogen) atoms. The Hall–Kier alpha value is -1.81. The molecule has 0 spiro atoms. The molecule has 3 nitrogen and oxygen atoms in total. The molecule has 1 N–H and O–H groups in total. The molecular formula is C18H20BrNO2. The van der Waals surface area contributed by atoms with Crippen LogP contribution in [0.3, 0.4) is 0 Å². The Morgan fingerprint density at radius 1 is 1.18 bits per heavy atom. The number of para-hydroxylation sites is 1. The molecule has 0 aliphatic heterocycles. The summed E-state index contributed by atoms with van der Waals surface area (Å²) in [6.45, 7) is 6.02. The summed E-state index contributed by atoms with van der Waals surface area (Å²) in [6, 6.07) is 11.7. The summed E-state index contributed by atoms with van der Waals surface area (Å²) in [5.41, 5.74) is 4.04. The molecule has 2 aromatic rings. The van der Waals surface area contributed by atoms with E-state index in [2.05, 4.69) is 28.2 Å². The quantitative estimate of drug-likeness (QED) is 0.841. The van der Waals surface area contributed by atoms with Crippen molar-refractivity contribution in [3.63, 3.8) is 0 Å². The molecule has 2 aromatic carbocycles. The fourth-order valence-electron chi connectivity index (χ4n) is 2.30. The average molecular weight is 362 g/mol. The van der Waals surface area contributed by atoms with Crippen molar-refractivity contribution in [1.29, 1.82) is 0 Å². The van der Waals surface area contributed by atoms with Crippen LogP contribution in [0.2, 0.25) is 0 Å². The van der Waals surface area contributed by atoms with Crippen LogP contribution in [0.15, 0.2) is 40.9 Å². The van der Waals surface area contributed by atoms with E-state index in [1.54, 1.807) is 0 Å². The number of carbonyl (C=O) groups excluding carboxylic acids is 1. The van der Waals surface area contributed by atoms with E-state index in [1.807, 2.05) is 50.2 Å². The van der Waals surface area contributed by atoms with Gasteiger partial charge in [-0.25, -0.2) is 0 Å². The number of amides is 1. The molecule has 0 saturated heterocycles. The molecule has 0 bridgehead atoms. The van der Waals surface area contributed by atoms with E-state index in [1.165, 1.54) is 0 Å². The second-order valence-electron chi connectivity index (χ2n) is 5.21. The van der Waals surface area contributed by atoms with E-state index in [-0.39, 0.29) is 12.5 Å². The largest absolute Gasteiger partial charge is 0.483 e. The molecule has 4 heteroatoms. The predicted molar refractivity (Wildman–Crippen MR) is 93.6 cm³/mol.